The SMILES string of the molecule is CCNC(=NCc1ncnn1C)NCC1(Sc2ccccc2)CC1. The zero-order valence-corrected chi connectivity index (χ0v) is 15.0. The number of hydrogen-bond donors (Lipinski definition) is 2. The third kappa shape index (κ3) is 4.50. The smallest absolute Gasteiger partial charge is 0.191 e. The molecule has 1 heterocycles. The Hall–Kier alpha value is -2.02. The van der Waals surface area contributed by atoms with Gasteiger partial charge in [0.2, 0.25) is 0 Å². The molecule has 0 saturated heterocycles. The van der Waals surface area contributed by atoms with E-state index in [9.17, 15) is 0 Å². The van der Waals surface area contributed by atoms with Gasteiger partial charge in [0.1, 0.15) is 18.7 Å². The summed E-state index contributed by atoms with van der Waals surface area (Å²) in [5, 5.41) is 10.9. The van der Waals surface area contributed by atoms with E-state index in [0.717, 1.165) is 24.9 Å². The Kier molecular flexibility index (Phi) is 5.40. The minimum atomic E-state index is 0.294. The fraction of sp³-hybridized carbons (Fsp3) is 0.471. The average molecular weight is 344 g/mol. The van der Waals surface area contributed by atoms with Gasteiger partial charge in [0.25, 0.3) is 0 Å². The van der Waals surface area contributed by atoms with E-state index < -0.39 is 0 Å². The van der Waals surface area contributed by atoms with E-state index in [2.05, 4.69) is 63.0 Å². The van der Waals surface area contributed by atoms with Crippen LogP contribution in [0.1, 0.15) is 25.6 Å². The van der Waals surface area contributed by atoms with Crippen molar-refractivity contribution in [3.63, 3.8) is 0 Å². The van der Waals surface area contributed by atoms with Crippen LogP contribution in [0.2, 0.25) is 0 Å². The van der Waals surface area contributed by atoms with Gasteiger partial charge in [0, 0.05) is 29.8 Å². The first kappa shape index (κ1) is 16.8. The van der Waals surface area contributed by atoms with Gasteiger partial charge >= 0.3 is 0 Å². The lowest BCUT2D eigenvalue weighted by molar-refractivity contribution is 0.696. The van der Waals surface area contributed by atoms with E-state index >= 15 is 0 Å². The molecule has 1 aliphatic carbocycles. The van der Waals surface area contributed by atoms with Crippen molar-refractivity contribution in [1.82, 2.24) is 25.4 Å². The minimum absolute atomic E-state index is 0.294. The molecule has 0 aliphatic heterocycles. The monoisotopic (exact) mass is 344 g/mol. The Balaban J connectivity index is 1.57. The maximum absolute atomic E-state index is 4.62. The van der Waals surface area contributed by atoms with Gasteiger partial charge in [0.05, 0.1) is 0 Å². The average Bonchev–Trinajstić information content (AvgIpc) is 3.23. The second-order valence-electron chi connectivity index (χ2n) is 5.95. The van der Waals surface area contributed by atoms with Crippen molar-refractivity contribution < 1.29 is 0 Å². The zero-order valence-electron chi connectivity index (χ0n) is 14.2. The highest BCUT2D eigenvalue weighted by Gasteiger charge is 2.43. The molecule has 1 aromatic heterocycles. The van der Waals surface area contributed by atoms with Crippen LogP contribution in [-0.2, 0) is 13.6 Å². The summed E-state index contributed by atoms with van der Waals surface area (Å²) < 4.78 is 2.04. The summed E-state index contributed by atoms with van der Waals surface area (Å²) in [6, 6.07) is 10.6. The quantitative estimate of drug-likeness (QED) is 0.595. The number of aliphatic imine (C=N–C) groups is 1. The molecule has 0 amide bonds. The molecule has 24 heavy (non-hydrogen) atoms. The summed E-state index contributed by atoms with van der Waals surface area (Å²) in [5.74, 6) is 1.69. The van der Waals surface area contributed by atoms with Gasteiger partial charge in [0.15, 0.2) is 5.96 Å². The first-order chi connectivity index (χ1) is 11.7. The Labute approximate surface area is 147 Å². The molecular weight excluding hydrogens is 320 g/mol. The van der Waals surface area contributed by atoms with E-state index in [0.29, 0.717) is 11.3 Å². The van der Waals surface area contributed by atoms with Crippen LogP contribution in [-0.4, -0.2) is 38.6 Å². The fourth-order valence-corrected chi connectivity index (χ4v) is 3.64. The summed E-state index contributed by atoms with van der Waals surface area (Å²) >= 11 is 1.96. The number of hydrogen-bond acceptors (Lipinski definition) is 4. The molecule has 0 spiro atoms. The van der Waals surface area contributed by atoms with Crippen molar-refractivity contribution in [2.24, 2.45) is 12.0 Å². The van der Waals surface area contributed by atoms with E-state index in [1.807, 2.05) is 18.8 Å². The standard InChI is InChI=1S/C17H24N6S/c1-3-18-16(19-11-15-21-13-22-23(15)2)20-12-17(9-10-17)24-14-7-5-4-6-8-14/h4-8,13H,3,9-12H2,1-2H3,(H2,18,19,20). The number of aromatic nitrogens is 3. The first-order valence-electron chi connectivity index (χ1n) is 8.30. The van der Waals surface area contributed by atoms with Crippen molar-refractivity contribution in [2.45, 2.75) is 36.0 Å². The number of benzene rings is 1. The van der Waals surface area contributed by atoms with E-state index in [1.165, 1.54) is 17.7 Å². The predicted octanol–water partition coefficient (Wildman–Crippen LogP) is 2.20. The normalized spacial score (nSPS) is 16.0. The molecule has 0 atom stereocenters. The summed E-state index contributed by atoms with van der Waals surface area (Å²) in [5.41, 5.74) is 0. The molecule has 7 heteroatoms. The lowest BCUT2D eigenvalue weighted by atomic mass is 10.4. The van der Waals surface area contributed by atoms with Crippen LogP contribution >= 0.6 is 11.8 Å². The third-order valence-electron chi connectivity index (χ3n) is 3.99. The van der Waals surface area contributed by atoms with Crippen molar-refractivity contribution in [2.75, 3.05) is 13.1 Å². The third-order valence-corrected chi connectivity index (χ3v) is 5.48. The summed E-state index contributed by atoms with van der Waals surface area (Å²) in [4.78, 5) is 10.2. The number of aryl methyl sites for hydroxylation is 1. The molecule has 0 radical (unpaired) electrons. The molecule has 1 aromatic carbocycles. The lowest BCUT2D eigenvalue weighted by Crippen LogP contribution is -2.41. The molecule has 6 nitrogen and oxygen atoms in total. The largest absolute Gasteiger partial charge is 0.357 e. The zero-order chi connectivity index (χ0) is 16.8. The van der Waals surface area contributed by atoms with Crippen LogP contribution in [0.4, 0.5) is 0 Å². The van der Waals surface area contributed by atoms with Gasteiger partial charge in [-0.25, -0.2) is 9.98 Å². The van der Waals surface area contributed by atoms with Gasteiger partial charge < -0.3 is 10.6 Å². The van der Waals surface area contributed by atoms with Crippen molar-refractivity contribution in [1.29, 1.82) is 0 Å². The summed E-state index contributed by atoms with van der Waals surface area (Å²) in [6.07, 6.45) is 4.03. The van der Waals surface area contributed by atoms with Crippen molar-refractivity contribution in [3.8, 4) is 0 Å². The van der Waals surface area contributed by atoms with Crippen LogP contribution in [0.25, 0.3) is 0 Å². The molecule has 2 aromatic rings. The second-order valence-corrected chi connectivity index (χ2v) is 7.49. The molecular formula is C17H24N6S. The number of rotatable bonds is 7. The summed E-state index contributed by atoms with van der Waals surface area (Å²) in [7, 11) is 1.88. The van der Waals surface area contributed by atoms with Gasteiger partial charge in [-0.1, -0.05) is 18.2 Å². The van der Waals surface area contributed by atoms with Gasteiger partial charge in [-0.3, -0.25) is 4.68 Å². The Morgan fingerprint density at radius 3 is 2.71 bits per heavy atom. The van der Waals surface area contributed by atoms with E-state index in [-0.39, 0.29) is 0 Å². The van der Waals surface area contributed by atoms with Crippen LogP contribution in [0.3, 0.4) is 0 Å². The minimum Gasteiger partial charge on any atom is -0.357 e. The van der Waals surface area contributed by atoms with Crippen LogP contribution in [0.5, 0.6) is 0 Å². The number of guanidine groups is 1. The molecule has 1 saturated carbocycles. The van der Waals surface area contributed by atoms with Crippen LogP contribution < -0.4 is 10.6 Å². The second kappa shape index (κ2) is 7.70. The van der Waals surface area contributed by atoms with Crippen molar-refractivity contribution >= 4 is 17.7 Å². The predicted molar refractivity (Wildman–Crippen MR) is 98.1 cm³/mol. The molecule has 1 aliphatic rings. The van der Waals surface area contributed by atoms with Gasteiger partial charge in [-0.15, -0.1) is 11.8 Å². The Morgan fingerprint density at radius 2 is 2.08 bits per heavy atom. The number of thioether (sulfide) groups is 1. The number of nitrogens with zero attached hydrogens (tertiary/aromatic N) is 4. The highest BCUT2D eigenvalue weighted by Crippen LogP contribution is 2.51. The van der Waals surface area contributed by atoms with Crippen molar-refractivity contribution in [3.05, 3.63) is 42.5 Å². The van der Waals surface area contributed by atoms with Gasteiger partial charge in [-0.2, -0.15) is 5.10 Å². The molecule has 0 unspecified atom stereocenters. The maximum Gasteiger partial charge on any atom is 0.191 e. The lowest BCUT2D eigenvalue weighted by Gasteiger charge is -2.18. The molecule has 3 rings (SSSR count). The molecule has 1 fully saturated rings. The molecule has 128 valence electrons. The van der Waals surface area contributed by atoms with Crippen LogP contribution in [0.15, 0.2) is 46.5 Å². The van der Waals surface area contributed by atoms with E-state index in [4.69, 9.17) is 0 Å². The highest BCUT2D eigenvalue weighted by atomic mass is 32.2. The van der Waals surface area contributed by atoms with Gasteiger partial charge in [-0.05, 0) is 31.9 Å². The van der Waals surface area contributed by atoms with Crippen LogP contribution in [0, 0.1) is 0 Å². The Morgan fingerprint density at radius 1 is 1.29 bits per heavy atom. The topological polar surface area (TPSA) is 67.1 Å². The summed E-state index contributed by atoms with van der Waals surface area (Å²) in [6.45, 7) is 4.34. The molecule has 0 bridgehead atoms. The molecule has 2 N–H and O–H groups in total. The first-order valence-corrected chi connectivity index (χ1v) is 9.11. The fourth-order valence-electron chi connectivity index (χ4n) is 2.39. The van der Waals surface area contributed by atoms with E-state index in [1.54, 1.807) is 11.0 Å². The Bertz CT molecular complexity index is 677. The maximum atomic E-state index is 4.62. The highest BCUT2D eigenvalue weighted by molar-refractivity contribution is 8.01. The number of nitrogens with one attached hydrogen (secondary N) is 2.